The Kier molecular flexibility index (Phi) is 5.28. The molecule has 0 saturated carbocycles. The van der Waals surface area contributed by atoms with E-state index in [1.54, 1.807) is 0 Å². The van der Waals surface area contributed by atoms with Crippen molar-refractivity contribution in [3.8, 4) is 0 Å². The van der Waals surface area contributed by atoms with E-state index in [1.807, 2.05) is 0 Å². The molecule has 2 nitrogen and oxygen atoms in total. The maximum atomic E-state index is 3.36. The molecule has 0 spiro atoms. The van der Waals surface area contributed by atoms with Crippen LogP contribution < -0.4 is 5.32 Å². The molecule has 1 aliphatic rings. The molecule has 0 aromatic heterocycles. The van der Waals surface area contributed by atoms with E-state index in [1.165, 1.54) is 18.7 Å². The molecule has 2 rings (SSSR count). The van der Waals surface area contributed by atoms with Gasteiger partial charge in [-0.25, -0.2) is 0 Å². The molecular formula is C11H17LiN2. The van der Waals surface area contributed by atoms with Crippen LogP contribution in [0, 0.1) is 0 Å². The molecule has 1 aromatic carbocycles. The van der Waals surface area contributed by atoms with Gasteiger partial charge in [0.1, 0.15) is 0 Å². The minimum Gasteiger partial charge on any atom is -0.314 e. The van der Waals surface area contributed by atoms with Gasteiger partial charge < -0.3 is 5.32 Å². The summed E-state index contributed by atoms with van der Waals surface area (Å²) in [5.41, 5.74) is 1.42. The maximum absolute atomic E-state index is 3.36. The van der Waals surface area contributed by atoms with E-state index in [0.717, 1.165) is 19.6 Å². The quantitative estimate of drug-likeness (QED) is 0.671. The van der Waals surface area contributed by atoms with E-state index in [0.29, 0.717) is 0 Å². The second kappa shape index (κ2) is 6.26. The average molecular weight is 184 g/mol. The van der Waals surface area contributed by atoms with E-state index in [4.69, 9.17) is 0 Å². The summed E-state index contributed by atoms with van der Waals surface area (Å²) in [7, 11) is 0. The summed E-state index contributed by atoms with van der Waals surface area (Å²) in [4.78, 5) is 2.49. The molecule has 0 bridgehead atoms. The molecule has 0 radical (unpaired) electrons. The van der Waals surface area contributed by atoms with Gasteiger partial charge in [0.05, 0.1) is 0 Å². The second-order valence-electron chi connectivity index (χ2n) is 3.51. The topological polar surface area (TPSA) is 15.3 Å². The Morgan fingerprint density at radius 1 is 1.07 bits per heavy atom. The molecule has 0 aliphatic carbocycles. The standard InChI is InChI=1S/C11H16N2.Li.H/c1-2-4-11(5-3-1)10-13-8-6-12-7-9-13;;/h1-5,12H,6-10H2;;. The van der Waals surface area contributed by atoms with Crippen molar-refractivity contribution >= 4 is 18.9 Å². The van der Waals surface area contributed by atoms with Gasteiger partial charge >= 0.3 is 18.9 Å². The number of nitrogens with zero attached hydrogens (tertiary/aromatic N) is 1. The smallest absolute Gasteiger partial charge is 0.0234 e. The molecule has 1 N–H and O–H groups in total. The van der Waals surface area contributed by atoms with Crippen LogP contribution in [0.15, 0.2) is 30.3 Å². The van der Waals surface area contributed by atoms with E-state index < -0.39 is 0 Å². The van der Waals surface area contributed by atoms with E-state index in [-0.39, 0.29) is 18.9 Å². The van der Waals surface area contributed by atoms with Crippen LogP contribution in [0.2, 0.25) is 0 Å². The fourth-order valence-corrected chi connectivity index (χ4v) is 1.71. The number of benzene rings is 1. The molecule has 0 amide bonds. The number of hydrogen-bond acceptors (Lipinski definition) is 2. The Hall–Kier alpha value is -0.263. The van der Waals surface area contributed by atoms with Crippen molar-refractivity contribution in [2.24, 2.45) is 0 Å². The van der Waals surface area contributed by atoms with Crippen molar-refractivity contribution in [1.82, 2.24) is 10.2 Å². The van der Waals surface area contributed by atoms with Crippen molar-refractivity contribution < 1.29 is 0 Å². The first-order valence-corrected chi connectivity index (χ1v) is 4.92. The second-order valence-corrected chi connectivity index (χ2v) is 3.51. The van der Waals surface area contributed by atoms with Crippen LogP contribution >= 0.6 is 0 Å². The van der Waals surface area contributed by atoms with Crippen LogP contribution in [0.25, 0.3) is 0 Å². The fraction of sp³-hybridized carbons (Fsp3) is 0.455. The molecule has 1 heterocycles. The van der Waals surface area contributed by atoms with Crippen LogP contribution in [0.4, 0.5) is 0 Å². The fourth-order valence-electron chi connectivity index (χ4n) is 1.71. The first kappa shape index (κ1) is 11.8. The minimum absolute atomic E-state index is 0. The third-order valence-corrected chi connectivity index (χ3v) is 2.46. The number of rotatable bonds is 2. The van der Waals surface area contributed by atoms with Crippen LogP contribution in [0.1, 0.15) is 5.56 Å². The van der Waals surface area contributed by atoms with Gasteiger partial charge in [0.25, 0.3) is 0 Å². The maximum Gasteiger partial charge on any atom is 0.0234 e. The van der Waals surface area contributed by atoms with Crippen LogP contribution in [-0.2, 0) is 6.54 Å². The molecule has 1 saturated heterocycles. The van der Waals surface area contributed by atoms with Gasteiger partial charge in [-0.3, -0.25) is 4.90 Å². The van der Waals surface area contributed by atoms with E-state index in [2.05, 4.69) is 40.5 Å². The van der Waals surface area contributed by atoms with Gasteiger partial charge in [0.15, 0.2) is 0 Å². The summed E-state index contributed by atoms with van der Waals surface area (Å²) >= 11 is 0. The molecule has 1 aromatic rings. The predicted octanol–water partition coefficient (Wildman–Crippen LogP) is 0.443. The van der Waals surface area contributed by atoms with Crippen molar-refractivity contribution in [3.63, 3.8) is 0 Å². The van der Waals surface area contributed by atoms with E-state index >= 15 is 0 Å². The average Bonchev–Trinajstić information content (AvgIpc) is 2.21. The van der Waals surface area contributed by atoms with Crippen molar-refractivity contribution in [3.05, 3.63) is 35.9 Å². The van der Waals surface area contributed by atoms with E-state index in [9.17, 15) is 0 Å². The largest absolute Gasteiger partial charge is 0.314 e. The van der Waals surface area contributed by atoms with Crippen molar-refractivity contribution in [2.75, 3.05) is 26.2 Å². The van der Waals surface area contributed by atoms with Crippen LogP contribution in [-0.4, -0.2) is 49.9 Å². The van der Waals surface area contributed by atoms with Gasteiger partial charge in [-0.05, 0) is 5.56 Å². The Morgan fingerprint density at radius 2 is 1.71 bits per heavy atom. The number of hydrogen-bond donors (Lipinski definition) is 1. The van der Waals surface area contributed by atoms with Crippen molar-refractivity contribution in [2.45, 2.75) is 6.54 Å². The SMILES string of the molecule is [LiH].c1ccc(CN2CCNCC2)cc1. The summed E-state index contributed by atoms with van der Waals surface area (Å²) in [5.74, 6) is 0. The Balaban J connectivity index is 0.000000980. The normalized spacial score (nSPS) is 17.4. The van der Waals surface area contributed by atoms with Gasteiger partial charge in [-0.15, -0.1) is 0 Å². The molecule has 3 heteroatoms. The Morgan fingerprint density at radius 3 is 2.36 bits per heavy atom. The summed E-state index contributed by atoms with van der Waals surface area (Å²) < 4.78 is 0. The first-order chi connectivity index (χ1) is 6.45. The summed E-state index contributed by atoms with van der Waals surface area (Å²) in [5, 5.41) is 3.36. The molecule has 14 heavy (non-hydrogen) atoms. The monoisotopic (exact) mass is 184 g/mol. The van der Waals surface area contributed by atoms with Gasteiger partial charge in [0.2, 0.25) is 0 Å². The summed E-state index contributed by atoms with van der Waals surface area (Å²) in [6.45, 7) is 5.71. The summed E-state index contributed by atoms with van der Waals surface area (Å²) in [6, 6.07) is 10.7. The van der Waals surface area contributed by atoms with Gasteiger partial charge in [-0.2, -0.15) is 0 Å². The third kappa shape index (κ3) is 3.47. The van der Waals surface area contributed by atoms with Crippen LogP contribution in [0.5, 0.6) is 0 Å². The minimum atomic E-state index is 0. The van der Waals surface area contributed by atoms with Gasteiger partial charge in [0, 0.05) is 32.7 Å². The third-order valence-electron chi connectivity index (χ3n) is 2.46. The molecule has 1 aliphatic heterocycles. The predicted molar refractivity (Wildman–Crippen MR) is 61.7 cm³/mol. The summed E-state index contributed by atoms with van der Waals surface area (Å²) in [6.07, 6.45) is 0. The molecule has 1 fully saturated rings. The molecule has 0 unspecified atom stereocenters. The zero-order valence-corrected chi connectivity index (χ0v) is 7.87. The Labute approximate surface area is 97.9 Å². The van der Waals surface area contributed by atoms with Crippen LogP contribution in [0.3, 0.4) is 0 Å². The molecule has 0 atom stereocenters. The number of piperazine rings is 1. The van der Waals surface area contributed by atoms with Crippen molar-refractivity contribution in [1.29, 1.82) is 0 Å². The zero-order chi connectivity index (χ0) is 8.93. The Bertz CT molecular complexity index is 245. The zero-order valence-electron chi connectivity index (χ0n) is 7.87. The molecule has 72 valence electrons. The molecular weight excluding hydrogens is 167 g/mol. The first-order valence-electron chi connectivity index (χ1n) is 4.92. The number of nitrogens with one attached hydrogen (secondary N) is 1. The van der Waals surface area contributed by atoms with Gasteiger partial charge in [-0.1, -0.05) is 30.3 Å².